The smallest absolute Gasteiger partial charge is 0.169 e. The number of benzene rings is 4. The Labute approximate surface area is 200 Å². The average Bonchev–Trinajstić information content (AvgIpc) is 2.79. The maximum atomic E-state index is 10.4. The van der Waals surface area contributed by atoms with Gasteiger partial charge in [-0.2, -0.15) is 0 Å². The van der Waals surface area contributed by atoms with Crippen molar-refractivity contribution < 1.29 is 20.1 Å². The summed E-state index contributed by atoms with van der Waals surface area (Å²) in [4.78, 5) is 2.03. The number of phenols is 3. The van der Waals surface area contributed by atoms with Crippen LogP contribution in [0.3, 0.4) is 0 Å². The van der Waals surface area contributed by atoms with Crippen LogP contribution in [0, 0.1) is 34.6 Å². The molecule has 0 atom stereocenters. The zero-order valence-corrected chi connectivity index (χ0v) is 20.0. The Morgan fingerprint density at radius 3 is 1.68 bits per heavy atom. The van der Waals surface area contributed by atoms with E-state index in [1.807, 2.05) is 75.9 Å². The van der Waals surface area contributed by atoms with Crippen LogP contribution >= 0.6 is 0 Å². The van der Waals surface area contributed by atoms with Gasteiger partial charge >= 0.3 is 0 Å². The minimum Gasteiger partial charge on any atom is -0.508 e. The molecule has 0 saturated heterocycles. The predicted octanol–water partition coefficient (Wildman–Crippen LogP) is 7.61. The summed E-state index contributed by atoms with van der Waals surface area (Å²) in [6, 6.07) is 19.8. The second-order valence-electron chi connectivity index (χ2n) is 8.67. The Morgan fingerprint density at radius 2 is 1.15 bits per heavy atom. The molecule has 4 aromatic carbocycles. The van der Waals surface area contributed by atoms with Crippen molar-refractivity contribution in [2.24, 2.45) is 0 Å². The summed E-state index contributed by atoms with van der Waals surface area (Å²) in [6.45, 7) is 9.77. The van der Waals surface area contributed by atoms with E-state index < -0.39 is 0 Å². The number of anilines is 3. The molecule has 34 heavy (non-hydrogen) atoms. The summed E-state index contributed by atoms with van der Waals surface area (Å²) < 4.78 is 5.91. The van der Waals surface area contributed by atoms with Gasteiger partial charge in [0, 0.05) is 17.8 Å². The van der Waals surface area contributed by atoms with Crippen molar-refractivity contribution in [3.63, 3.8) is 0 Å². The first-order valence-electron chi connectivity index (χ1n) is 11.1. The highest BCUT2D eigenvalue weighted by molar-refractivity contribution is 5.82. The molecule has 4 aromatic rings. The molecular formula is C29H29NO4. The molecule has 0 aliphatic heterocycles. The van der Waals surface area contributed by atoms with Gasteiger partial charge in [0.25, 0.3) is 0 Å². The van der Waals surface area contributed by atoms with Gasteiger partial charge in [-0.25, -0.2) is 0 Å². The van der Waals surface area contributed by atoms with Gasteiger partial charge in [0.1, 0.15) is 17.2 Å². The highest BCUT2D eigenvalue weighted by Crippen LogP contribution is 2.43. The molecule has 0 bridgehead atoms. The lowest BCUT2D eigenvalue weighted by molar-refractivity contribution is 0.408. The second kappa shape index (κ2) is 9.02. The number of rotatable bonds is 5. The lowest BCUT2D eigenvalue weighted by Crippen LogP contribution is -2.13. The number of hydrogen-bond acceptors (Lipinski definition) is 5. The molecule has 4 rings (SSSR count). The Balaban J connectivity index is 1.83. The van der Waals surface area contributed by atoms with Gasteiger partial charge in [0.05, 0.1) is 11.4 Å². The fourth-order valence-corrected chi connectivity index (χ4v) is 4.02. The molecule has 0 aliphatic rings. The summed E-state index contributed by atoms with van der Waals surface area (Å²) in [7, 11) is 0. The Kier molecular flexibility index (Phi) is 6.12. The summed E-state index contributed by atoms with van der Waals surface area (Å²) in [5.74, 6) is 1.44. The first-order chi connectivity index (χ1) is 16.2. The van der Waals surface area contributed by atoms with Gasteiger partial charge in [0.2, 0.25) is 0 Å². The van der Waals surface area contributed by atoms with Crippen LogP contribution in [0.5, 0.6) is 28.7 Å². The number of hydrogen-bond donors (Lipinski definition) is 3. The molecule has 0 radical (unpaired) electrons. The zero-order chi connectivity index (χ0) is 24.6. The van der Waals surface area contributed by atoms with Crippen molar-refractivity contribution in [3.05, 3.63) is 94.5 Å². The highest BCUT2D eigenvalue weighted by atomic mass is 16.5. The highest BCUT2D eigenvalue weighted by Gasteiger charge is 2.20. The van der Waals surface area contributed by atoms with Crippen LogP contribution in [-0.4, -0.2) is 15.3 Å². The molecule has 0 aliphatic carbocycles. The van der Waals surface area contributed by atoms with Crippen molar-refractivity contribution in [2.45, 2.75) is 34.6 Å². The van der Waals surface area contributed by atoms with E-state index in [4.69, 9.17) is 4.74 Å². The molecule has 0 aromatic heterocycles. The maximum absolute atomic E-state index is 10.4. The van der Waals surface area contributed by atoms with Crippen LogP contribution in [0.2, 0.25) is 0 Å². The van der Waals surface area contributed by atoms with E-state index in [0.717, 1.165) is 44.9 Å². The molecular weight excluding hydrogens is 426 g/mol. The standard InChI is InChI=1S/C29H29NO4/c1-17-7-6-8-28(29(17)33)34-25-11-9-22(10-12-25)30(26-15-23(31)13-18(2)20(26)4)27-16-24(32)14-19(3)21(27)5/h6-16,31-33H,1-5H3. The largest absolute Gasteiger partial charge is 0.508 e. The SMILES string of the molecule is Cc1cc(O)cc(N(c2ccc(Oc3cccc(C)c3O)cc2)c2cc(O)cc(C)c2C)c1C. The van der Waals surface area contributed by atoms with Crippen molar-refractivity contribution in [1.29, 1.82) is 0 Å². The zero-order valence-electron chi connectivity index (χ0n) is 20.0. The van der Waals surface area contributed by atoms with E-state index in [1.54, 1.807) is 30.3 Å². The van der Waals surface area contributed by atoms with Crippen molar-refractivity contribution >= 4 is 17.1 Å². The number of aryl methyl sites for hydroxylation is 3. The van der Waals surface area contributed by atoms with Gasteiger partial charge < -0.3 is 25.0 Å². The van der Waals surface area contributed by atoms with E-state index >= 15 is 0 Å². The van der Waals surface area contributed by atoms with Crippen LogP contribution < -0.4 is 9.64 Å². The van der Waals surface area contributed by atoms with Crippen LogP contribution in [0.25, 0.3) is 0 Å². The molecule has 0 amide bonds. The number of phenolic OH excluding ortho intramolecular Hbond substituents is 3. The van der Waals surface area contributed by atoms with Gasteiger partial charge in [-0.1, -0.05) is 12.1 Å². The third kappa shape index (κ3) is 4.37. The van der Waals surface area contributed by atoms with E-state index in [9.17, 15) is 15.3 Å². The number of ether oxygens (including phenoxy) is 1. The molecule has 5 nitrogen and oxygen atoms in total. The first kappa shape index (κ1) is 23.1. The fraction of sp³-hybridized carbons (Fsp3) is 0.172. The lowest BCUT2D eigenvalue weighted by Gasteiger charge is -2.30. The Morgan fingerprint density at radius 1 is 0.618 bits per heavy atom. The van der Waals surface area contributed by atoms with Crippen LogP contribution in [0.15, 0.2) is 66.7 Å². The number of nitrogens with zero attached hydrogens (tertiary/aromatic N) is 1. The summed E-state index contributed by atoms with van der Waals surface area (Å²) >= 11 is 0. The monoisotopic (exact) mass is 455 g/mol. The van der Waals surface area contributed by atoms with Gasteiger partial charge in [-0.15, -0.1) is 0 Å². The minimum absolute atomic E-state index is 0.116. The lowest BCUT2D eigenvalue weighted by atomic mass is 10.0. The van der Waals surface area contributed by atoms with Gasteiger partial charge in [-0.05, 0) is 105 Å². The molecule has 0 spiro atoms. The van der Waals surface area contributed by atoms with Crippen molar-refractivity contribution in [2.75, 3.05) is 4.90 Å². The molecule has 0 unspecified atom stereocenters. The first-order valence-corrected chi connectivity index (χ1v) is 11.1. The normalized spacial score (nSPS) is 10.9. The number of aromatic hydroxyl groups is 3. The Bertz CT molecular complexity index is 1300. The molecule has 0 saturated carbocycles. The van der Waals surface area contributed by atoms with Gasteiger partial charge in [0.15, 0.2) is 11.5 Å². The van der Waals surface area contributed by atoms with E-state index in [1.165, 1.54) is 0 Å². The molecule has 5 heteroatoms. The summed E-state index contributed by atoms with van der Waals surface area (Å²) in [5.41, 5.74) is 7.16. The van der Waals surface area contributed by atoms with Gasteiger partial charge in [-0.3, -0.25) is 0 Å². The maximum Gasteiger partial charge on any atom is 0.169 e. The van der Waals surface area contributed by atoms with Crippen LogP contribution in [-0.2, 0) is 0 Å². The Hall–Kier alpha value is -4.12. The summed E-state index contributed by atoms with van der Waals surface area (Å²) in [5, 5.41) is 31.0. The van der Waals surface area contributed by atoms with Crippen LogP contribution in [0.4, 0.5) is 17.1 Å². The molecule has 0 heterocycles. The quantitative estimate of drug-likeness (QED) is 0.289. The van der Waals surface area contributed by atoms with Crippen molar-refractivity contribution in [3.8, 4) is 28.7 Å². The third-order valence-corrected chi connectivity index (χ3v) is 6.25. The average molecular weight is 456 g/mol. The minimum atomic E-state index is 0.116. The topological polar surface area (TPSA) is 73.2 Å². The molecule has 174 valence electrons. The second-order valence-corrected chi connectivity index (χ2v) is 8.67. The fourth-order valence-electron chi connectivity index (χ4n) is 4.02. The summed E-state index contributed by atoms with van der Waals surface area (Å²) in [6.07, 6.45) is 0. The van der Waals surface area contributed by atoms with E-state index in [-0.39, 0.29) is 17.2 Å². The number of para-hydroxylation sites is 1. The molecule has 0 fully saturated rings. The third-order valence-electron chi connectivity index (χ3n) is 6.25. The molecule has 3 N–H and O–H groups in total. The van der Waals surface area contributed by atoms with Crippen molar-refractivity contribution in [1.82, 2.24) is 0 Å². The predicted molar refractivity (Wildman–Crippen MR) is 136 cm³/mol. The van der Waals surface area contributed by atoms with E-state index in [0.29, 0.717) is 11.5 Å². The van der Waals surface area contributed by atoms with E-state index in [2.05, 4.69) is 0 Å². The van der Waals surface area contributed by atoms with Crippen LogP contribution in [0.1, 0.15) is 27.8 Å².